The highest BCUT2D eigenvalue weighted by Crippen LogP contribution is 2.46. The standard InChI is InChI=1S/C17H24O9/c1-7-4-10(19)9-5-17(7,25-15(23-3)8(9)2)26-16-14(22)13(21)12(20)11(6-18)24-16/h4,9,11-16,18,20-22H,2,5-6H2,1,3H3. The molecule has 8 atom stereocenters. The molecule has 0 radical (unpaired) electrons. The normalized spacial score (nSPS) is 46.2. The van der Waals surface area contributed by atoms with Crippen LogP contribution in [0.25, 0.3) is 0 Å². The highest BCUT2D eigenvalue weighted by atomic mass is 16.8. The van der Waals surface area contributed by atoms with Crippen molar-refractivity contribution in [1.82, 2.24) is 0 Å². The summed E-state index contributed by atoms with van der Waals surface area (Å²) in [5.41, 5.74) is 0.916. The fourth-order valence-electron chi connectivity index (χ4n) is 3.54. The van der Waals surface area contributed by atoms with Crippen LogP contribution in [0.3, 0.4) is 0 Å². The van der Waals surface area contributed by atoms with E-state index in [4.69, 9.17) is 18.9 Å². The van der Waals surface area contributed by atoms with Crippen LogP contribution in [-0.2, 0) is 23.7 Å². The lowest BCUT2D eigenvalue weighted by atomic mass is 9.77. The van der Waals surface area contributed by atoms with Crippen molar-refractivity contribution in [3.8, 4) is 0 Å². The third-order valence-electron chi connectivity index (χ3n) is 5.19. The zero-order valence-corrected chi connectivity index (χ0v) is 14.6. The van der Waals surface area contributed by atoms with Gasteiger partial charge in [-0.25, -0.2) is 0 Å². The Balaban J connectivity index is 1.90. The molecule has 0 aromatic heterocycles. The number of fused-ring (bicyclic) bond motifs is 2. The van der Waals surface area contributed by atoms with Gasteiger partial charge in [0.05, 0.1) is 12.5 Å². The fourth-order valence-corrected chi connectivity index (χ4v) is 3.54. The van der Waals surface area contributed by atoms with E-state index in [-0.39, 0.29) is 12.2 Å². The lowest BCUT2D eigenvalue weighted by Crippen LogP contribution is -2.63. The summed E-state index contributed by atoms with van der Waals surface area (Å²) in [5, 5.41) is 39.4. The van der Waals surface area contributed by atoms with Crippen LogP contribution >= 0.6 is 0 Å². The molecule has 8 unspecified atom stereocenters. The summed E-state index contributed by atoms with van der Waals surface area (Å²) in [7, 11) is 1.40. The van der Waals surface area contributed by atoms with Crippen molar-refractivity contribution in [3.63, 3.8) is 0 Å². The third kappa shape index (κ3) is 3.04. The number of hydrogen-bond acceptors (Lipinski definition) is 9. The van der Waals surface area contributed by atoms with E-state index in [1.165, 1.54) is 13.2 Å². The molecule has 2 fully saturated rings. The van der Waals surface area contributed by atoms with Gasteiger partial charge in [0.2, 0.25) is 0 Å². The first-order valence-electron chi connectivity index (χ1n) is 8.34. The molecule has 2 aliphatic heterocycles. The van der Waals surface area contributed by atoms with Crippen molar-refractivity contribution in [3.05, 3.63) is 23.8 Å². The molecule has 9 heteroatoms. The van der Waals surface area contributed by atoms with Gasteiger partial charge in [-0.1, -0.05) is 6.58 Å². The predicted octanol–water partition coefficient (Wildman–Crippen LogP) is -1.41. The minimum Gasteiger partial charge on any atom is -0.394 e. The van der Waals surface area contributed by atoms with E-state index in [2.05, 4.69) is 6.58 Å². The van der Waals surface area contributed by atoms with Gasteiger partial charge >= 0.3 is 0 Å². The quantitative estimate of drug-likeness (QED) is 0.439. The number of carbonyl (C=O) groups excluding carboxylic acids is 1. The van der Waals surface area contributed by atoms with Crippen molar-refractivity contribution in [1.29, 1.82) is 0 Å². The molecule has 26 heavy (non-hydrogen) atoms. The Bertz CT molecular complexity index is 615. The van der Waals surface area contributed by atoms with Gasteiger partial charge < -0.3 is 39.4 Å². The average molecular weight is 372 g/mol. The summed E-state index contributed by atoms with van der Waals surface area (Å²) >= 11 is 0. The van der Waals surface area contributed by atoms with E-state index in [1.807, 2.05) is 0 Å². The number of ether oxygens (including phenoxy) is 4. The second kappa shape index (κ2) is 7.10. The molecule has 9 nitrogen and oxygen atoms in total. The van der Waals surface area contributed by atoms with Gasteiger partial charge in [0.25, 0.3) is 0 Å². The monoisotopic (exact) mass is 372 g/mol. The first-order chi connectivity index (χ1) is 12.2. The Hall–Kier alpha value is -1.17. The van der Waals surface area contributed by atoms with E-state index in [0.29, 0.717) is 11.1 Å². The molecule has 146 valence electrons. The zero-order chi connectivity index (χ0) is 19.2. The Morgan fingerprint density at radius 2 is 2.00 bits per heavy atom. The SMILES string of the molecule is C=C1C(OC)OC2(OC3OC(CO)C(O)C(O)C3O)CC1C(=O)C=C2C. The van der Waals surface area contributed by atoms with Crippen LogP contribution < -0.4 is 0 Å². The lowest BCUT2D eigenvalue weighted by Gasteiger charge is -2.50. The van der Waals surface area contributed by atoms with E-state index < -0.39 is 55.3 Å². The number of carbonyl (C=O) groups is 1. The molecule has 0 amide bonds. The van der Waals surface area contributed by atoms with Gasteiger partial charge in [0.15, 0.2) is 24.2 Å². The summed E-state index contributed by atoms with van der Waals surface area (Å²) in [5.74, 6) is -2.16. The average Bonchev–Trinajstić information content (AvgIpc) is 2.62. The van der Waals surface area contributed by atoms with Crippen LogP contribution in [0.1, 0.15) is 13.3 Å². The van der Waals surface area contributed by atoms with Crippen molar-refractivity contribution >= 4 is 5.78 Å². The number of rotatable bonds is 4. The second-order valence-electron chi connectivity index (χ2n) is 6.81. The van der Waals surface area contributed by atoms with Gasteiger partial charge in [-0.15, -0.1) is 0 Å². The summed E-state index contributed by atoms with van der Waals surface area (Å²) in [6.45, 7) is 4.92. The first kappa shape index (κ1) is 19.6. The largest absolute Gasteiger partial charge is 0.394 e. The van der Waals surface area contributed by atoms with Gasteiger partial charge in [0, 0.05) is 13.5 Å². The topological polar surface area (TPSA) is 135 Å². The molecule has 2 saturated heterocycles. The van der Waals surface area contributed by atoms with E-state index in [1.54, 1.807) is 6.92 Å². The lowest BCUT2D eigenvalue weighted by molar-refractivity contribution is -0.385. The number of aliphatic hydroxyl groups excluding tert-OH is 4. The highest BCUT2D eigenvalue weighted by molar-refractivity contribution is 5.96. The number of aliphatic hydroxyl groups is 4. The maximum absolute atomic E-state index is 12.3. The Labute approximate surface area is 150 Å². The maximum Gasteiger partial charge on any atom is 0.198 e. The number of ketones is 1. The molecule has 2 heterocycles. The zero-order valence-electron chi connectivity index (χ0n) is 14.6. The number of methoxy groups -OCH3 is 1. The van der Waals surface area contributed by atoms with E-state index in [9.17, 15) is 25.2 Å². The van der Waals surface area contributed by atoms with Crippen LogP contribution in [0.5, 0.6) is 0 Å². The van der Waals surface area contributed by atoms with E-state index in [0.717, 1.165) is 0 Å². The molecular weight excluding hydrogens is 348 g/mol. The van der Waals surface area contributed by atoms with Crippen LogP contribution in [-0.4, -0.2) is 82.7 Å². The highest BCUT2D eigenvalue weighted by Gasteiger charge is 2.55. The predicted molar refractivity (Wildman–Crippen MR) is 85.5 cm³/mol. The molecule has 4 N–H and O–H groups in total. The van der Waals surface area contributed by atoms with Crippen LogP contribution in [0, 0.1) is 5.92 Å². The fraction of sp³-hybridized carbons (Fsp3) is 0.706. The summed E-state index contributed by atoms with van der Waals surface area (Å²) in [4.78, 5) is 12.3. The van der Waals surface area contributed by atoms with Crippen molar-refractivity contribution < 1.29 is 44.2 Å². The molecule has 0 saturated carbocycles. The minimum atomic E-state index is -1.58. The molecule has 1 aliphatic carbocycles. The summed E-state index contributed by atoms with van der Waals surface area (Å²) < 4.78 is 22.4. The number of hydrogen-bond donors (Lipinski definition) is 4. The molecule has 3 rings (SSSR count). The van der Waals surface area contributed by atoms with Crippen LogP contribution in [0.15, 0.2) is 23.8 Å². The molecular formula is C17H24O9. The van der Waals surface area contributed by atoms with Gasteiger partial charge in [-0.05, 0) is 24.1 Å². The van der Waals surface area contributed by atoms with Gasteiger partial charge in [-0.2, -0.15) is 0 Å². The Kier molecular flexibility index (Phi) is 5.35. The smallest absolute Gasteiger partial charge is 0.198 e. The molecule has 3 aliphatic rings. The minimum absolute atomic E-state index is 0.113. The second-order valence-corrected chi connectivity index (χ2v) is 6.81. The van der Waals surface area contributed by atoms with Crippen LogP contribution in [0.2, 0.25) is 0 Å². The number of allylic oxidation sites excluding steroid dienone is 1. The van der Waals surface area contributed by atoms with Gasteiger partial charge in [0.1, 0.15) is 24.4 Å². The van der Waals surface area contributed by atoms with E-state index >= 15 is 0 Å². The Morgan fingerprint density at radius 1 is 1.31 bits per heavy atom. The molecule has 0 aromatic carbocycles. The molecule has 0 spiro atoms. The summed E-state index contributed by atoms with van der Waals surface area (Å²) in [6.07, 6.45) is -6.57. The van der Waals surface area contributed by atoms with Gasteiger partial charge in [-0.3, -0.25) is 4.79 Å². The summed E-state index contributed by atoms with van der Waals surface area (Å²) in [6, 6.07) is 0. The molecule has 2 bridgehead atoms. The Morgan fingerprint density at radius 3 is 2.62 bits per heavy atom. The van der Waals surface area contributed by atoms with Crippen molar-refractivity contribution in [2.24, 2.45) is 5.92 Å². The van der Waals surface area contributed by atoms with Crippen molar-refractivity contribution in [2.45, 2.75) is 56.1 Å². The van der Waals surface area contributed by atoms with Crippen LogP contribution in [0.4, 0.5) is 0 Å². The first-order valence-corrected chi connectivity index (χ1v) is 8.34. The van der Waals surface area contributed by atoms with Crippen molar-refractivity contribution in [2.75, 3.05) is 13.7 Å². The third-order valence-corrected chi connectivity index (χ3v) is 5.19. The molecule has 0 aromatic rings. The maximum atomic E-state index is 12.3.